The lowest BCUT2D eigenvalue weighted by atomic mass is 10.0. The second kappa shape index (κ2) is 6.54. The second-order valence-electron chi connectivity index (χ2n) is 6.25. The number of piperazine rings is 1. The number of pyridine rings is 1. The third-order valence-electron chi connectivity index (χ3n) is 4.57. The van der Waals surface area contributed by atoms with Gasteiger partial charge in [-0.3, -0.25) is 0 Å². The Hall–Kier alpha value is -1.91. The molecule has 122 valence electrons. The molecule has 0 bridgehead atoms. The molecule has 1 aliphatic heterocycles. The molecule has 1 saturated heterocycles. The standard InChI is InChI=1S/C20H20BrN3/c1-14-11-16(21)12-17-19(24-9-7-22-8-10-24)13-18(23-20(14)17)15-5-3-2-4-6-15/h2-6,11-13,22H,7-10H2,1H3. The lowest BCUT2D eigenvalue weighted by Gasteiger charge is -2.31. The molecule has 24 heavy (non-hydrogen) atoms. The highest BCUT2D eigenvalue weighted by Gasteiger charge is 2.17. The van der Waals surface area contributed by atoms with Crippen molar-refractivity contribution in [3.8, 4) is 11.3 Å². The first kappa shape index (κ1) is 15.6. The van der Waals surface area contributed by atoms with E-state index in [2.05, 4.69) is 75.5 Å². The largest absolute Gasteiger partial charge is 0.368 e. The number of nitrogens with zero attached hydrogens (tertiary/aromatic N) is 2. The minimum absolute atomic E-state index is 1.03. The number of halogens is 1. The molecule has 4 heteroatoms. The number of nitrogens with one attached hydrogen (secondary N) is 1. The van der Waals surface area contributed by atoms with Crippen LogP contribution in [-0.4, -0.2) is 31.2 Å². The van der Waals surface area contributed by atoms with Gasteiger partial charge in [0.25, 0.3) is 0 Å². The van der Waals surface area contributed by atoms with Gasteiger partial charge in [-0.05, 0) is 30.7 Å². The number of benzene rings is 2. The van der Waals surface area contributed by atoms with Crippen LogP contribution < -0.4 is 10.2 Å². The van der Waals surface area contributed by atoms with Gasteiger partial charge in [-0.1, -0.05) is 46.3 Å². The Kier molecular flexibility index (Phi) is 4.25. The van der Waals surface area contributed by atoms with Crippen molar-refractivity contribution < 1.29 is 0 Å². The van der Waals surface area contributed by atoms with Crippen molar-refractivity contribution in [2.24, 2.45) is 0 Å². The Morgan fingerprint density at radius 3 is 2.54 bits per heavy atom. The SMILES string of the molecule is Cc1cc(Br)cc2c(N3CCNCC3)cc(-c3ccccc3)nc12. The van der Waals surface area contributed by atoms with E-state index in [0.29, 0.717) is 0 Å². The molecule has 0 radical (unpaired) electrons. The predicted molar refractivity (Wildman–Crippen MR) is 105 cm³/mol. The van der Waals surface area contributed by atoms with Crippen molar-refractivity contribution in [3.05, 3.63) is 58.6 Å². The second-order valence-corrected chi connectivity index (χ2v) is 7.16. The lowest BCUT2D eigenvalue weighted by Crippen LogP contribution is -2.43. The summed E-state index contributed by atoms with van der Waals surface area (Å²) in [5.74, 6) is 0. The lowest BCUT2D eigenvalue weighted by molar-refractivity contribution is 0.590. The maximum Gasteiger partial charge on any atom is 0.0760 e. The molecular weight excluding hydrogens is 362 g/mol. The molecule has 4 rings (SSSR count). The number of aromatic nitrogens is 1. The van der Waals surface area contributed by atoms with Gasteiger partial charge in [0.2, 0.25) is 0 Å². The molecule has 0 amide bonds. The molecule has 1 aromatic heterocycles. The van der Waals surface area contributed by atoms with Gasteiger partial charge in [0.05, 0.1) is 11.2 Å². The van der Waals surface area contributed by atoms with Crippen molar-refractivity contribution in [1.82, 2.24) is 10.3 Å². The van der Waals surface area contributed by atoms with Crippen LogP contribution in [0.2, 0.25) is 0 Å². The van der Waals surface area contributed by atoms with Crippen LogP contribution in [0.25, 0.3) is 22.2 Å². The Labute approximate surface area is 150 Å². The molecule has 1 fully saturated rings. The fourth-order valence-electron chi connectivity index (χ4n) is 3.36. The average Bonchev–Trinajstić information content (AvgIpc) is 2.62. The summed E-state index contributed by atoms with van der Waals surface area (Å²) in [6.45, 7) is 6.24. The van der Waals surface area contributed by atoms with E-state index in [-0.39, 0.29) is 0 Å². The minimum atomic E-state index is 1.03. The quantitative estimate of drug-likeness (QED) is 0.713. The Morgan fingerprint density at radius 2 is 1.79 bits per heavy atom. The summed E-state index contributed by atoms with van der Waals surface area (Å²) < 4.78 is 1.11. The van der Waals surface area contributed by atoms with Crippen LogP contribution in [-0.2, 0) is 0 Å². The van der Waals surface area contributed by atoms with Crippen LogP contribution in [0, 0.1) is 6.92 Å². The number of anilines is 1. The first-order chi connectivity index (χ1) is 11.7. The van der Waals surface area contributed by atoms with Gasteiger partial charge >= 0.3 is 0 Å². The van der Waals surface area contributed by atoms with Crippen LogP contribution >= 0.6 is 15.9 Å². The summed E-state index contributed by atoms with van der Waals surface area (Å²) in [5.41, 5.74) is 5.78. The highest BCUT2D eigenvalue weighted by atomic mass is 79.9. The minimum Gasteiger partial charge on any atom is -0.368 e. The molecular formula is C20H20BrN3. The number of hydrogen-bond donors (Lipinski definition) is 1. The molecule has 1 aliphatic rings. The van der Waals surface area contributed by atoms with Crippen LogP contribution in [0.3, 0.4) is 0 Å². The number of aryl methyl sites for hydroxylation is 1. The number of hydrogen-bond acceptors (Lipinski definition) is 3. The van der Waals surface area contributed by atoms with Gasteiger partial charge in [0.15, 0.2) is 0 Å². The third-order valence-corrected chi connectivity index (χ3v) is 5.03. The van der Waals surface area contributed by atoms with E-state index >= 15 is 0 Å². The summed E-state index contributed by atoms with van der Waals surface area (Å²) in [7, 11) is 0. The number of fused-ring (bicyclic) bond motifs is 1. The fourth-order valence-corrected chi connectivity index (χ4v) is 3.94. The summed E-state index contributed by atoms with van der Waals surface area (Å²) in [4.78, 5) is 7.45. The fraction of sp³-hybridized carbons (Fsp3) is 0.250. The van der Waals surface area contributed by atoms with Crippen molar-refractivity contribution in [2.45, 2.75) is 6.92 Å². The predicted octanol–water partition coefficient (Wildman–Crippen LogP) is 4.38. The molecule has 0 atom stereocenters. The van der Waals surface area contributed by atoms with E-state index in [0.717, 1.165) is 47.4 Å². The molecule has 2 heterocycles. The first-order valence-corrected chi connectivity index (χ1v) is 9.14. The van der Waals surface area contributed by atoms with Crippen molar-refractivity contribution in [1.29, 1.82) is 0 Å². The van der Waals surface area contributed by atoms with Gasteiger partial charge in [-0.25, -0.2) is 4.98 Å². The van der Waals surface area contributed by atoms with Gasteiger partial charge < -0.3 is 10.2 Å². The van der Waals surface area contributed by atoms with Gasteiger partial charge in [-0.15, -0.1) is 0 Å². The zero-order valence-electron chi connectivity index (χ0n) is 13.7. The van der Waals surface area contributed by atoms with Crippen LogP contribution in [0.15, 0.2) is 53.0 Å². The maximum absolute atomic E-state index is 4.98. The summed E-state index contributed by atoms with van der Waals surface area (Å²) in [6.07, 6.45) is 0. The van der Waals surface area contributed by atoms with Gasteiger partial charge in [0.1, 0.15) is 0 Å². The molecule has 2 aromatic carbocycles. The van der Waals surface area contributed by atoms with E-state index in [1.165, 1.54) is 16.6 Å². The van der Waals surface area contributed by atoms with E-state index < -0.39 is 0 Å². The molecule has 3 aromatic rings. The van der Waals surface area contributed by atoms with Crippen molar-refractivity contribution in [3.63, 3.8) is 0 Å². The number of rotatable bonds is 2. The molecule has 0 saturated carbocycles. The zero-order chi connectivity index (χ0) is 16.5. The topological polar surface area (TPSA) is 28.2 Å². The van der Waals surface area contributed by atoms with Gasteiger partial charge in [-0.2, -0.15) is 0 Å². The van der Waals surface area contributed by atoms with Crippen molar-refractivity contribution in [2.75, 3.05) is 31.1 Å². The molecule has 0 aliphatic carbocycles. The summed E-state index contributed by atoms with van der Waals surface area (Å²) >= 11 is 3.65. The van der Waals surface area contributed by atoms with E-state index in [1.54, 1.807) is 0 Å². The monoisotopic (exact) mass is 381 g/mol. The van der Waals surface area contributed by atoms with Crippen LogP contribution in [0.4, 0.5) is 5.69 Å². The molecule has 3 nitrogen and oxygen atoms in total. The van der Waals surface area contributed by atoms with Gasteiger partial charge in [0, 0.05) is 47.3 Å². The third kappa shape index (κ3) is 2.92. The first-order valence-electron chi connectivity index (χ1n) is 8.34. The maximum atomic E-state index is 4.98. The van der Waals surface area contributed by atoms with Crippen LogP contribution in [0.1, 0.15) is 5.56 Å². The normalized spacial score (nSPS) is 15.0. The Bertz CT molecular complexity index is 871. The van der Waals surface area contributed by atoms with Crippen molar-refractivity contribution >= 4 is 32.5 Å². The summed E-state index contributed by atoms with van der Waals surface area (Å²) in [5, 5.41) is 4.66. The van der Waals surface area contributed by atoms with Crippen LogP contribution in [0.5, 0.6) is 0 Å². The Balaban J connectivity index is 1.96. The van der Waals surface area contributed by atoms with E-state index in [1.807, 2.05) is 6.07 Å². The Morgan fingerprint density at radius 1 is 1.04 bits per heavy atom. The average molecular weight is 382 g/mol. The molecule has 1 N–H and O–H groups in total. The van der Waals surface area contributed by atoms with E-state index in [9.17, 15) is 0 Å². The van der Waals surface area contributed by atoms with E-state index in [4.69, 9.17) is 4.98 Å². The highest BCUT2D eigenvalue weighted by molar-refractivity contribution is 9.10. The molecule has 0 unspecified atom stereocenters. The summed E-state index contributed by atoms with van der Waals surface area (Å²) in [6, 6.07) is 17.0. The smallest absolute Gasteiger partial charge is 0.0760 e. The zero-order valence-corrected chi connectivity index (χ0v) is 15.3. The molecule has 0 spiro atoms. The highest BCUT2D eigenvalue weighted by Crippen LogP contribution is 2.34.